The van der Waals surface area contributed by atoms with Crippen molar-refractivity contribution in [3.63, 3.8) is 0 Å². The van der Waals surface area contributed by atoms with Crippen LogP contribution in [0.3, 0.4) is 0 Å². The molecule has 4 aromatic carbocycles. The van der Waals surface area contributed by atoms with Crippen molar-refractivity contribution in [2.45, 2.75) is 52.9 Å². The fourth-order valence-corrected chi connectivity index (χ4v) is 5.73. The lowest BCUT2D eigenvalue weighted by molar-refractivity contribution is 0.170. The predicted octanol–water partition coefficient (Wildman–Crippen LogP) is 8.30. The Morgan fingerprint density at radius 3 is 2.12 bits per heavy atom. The number of aryl methyl sites for hydroxylation is 1. The minimum atomic E-state index is 0.586. The van der Waals surface area contributed by atoms with Gasteiger partial charge < -0.3 is 14.0 Å². The molecule has 42 heavy (non-hydrogen) atoms. The number of aromatic nitrogens is 2. The largest absolute Gasteiger partial charge is 0.486 e. The molecule has 5 nitrogen and oxygen atoms in total. The summed E-state index contributed by atoms with van der Waals surface area (Å²) in [5.41, 5.74) is 8.38. The Hall–Kier alpha value is -4.35. The molecular formula is C37H39N3O2. The van der Waals surface area contributed by atoms with Gasteiger partial charge >= 0.3 is 0 Å². The molecule has 0 saturated carbocycles. The second kappa shape index (κ2) is 13.1. The molecule has 5 aromatic rings. The molecule has 0 atom stereocenters. The normalized spacial score (nSPS) is 12.5. The molecule has 0 aliphatic carbocycles. The molecule has 1 aromatic heterocycles. The minimum absolute atomic E-state index is 0.586. The van der Waals surface area contributed by atoms with E-state index in [1.165, 1.54) is 22.4 Å². The number of fused-ring (bicyclic) bond motifs is 1. The van der Waals surface area contributed by atoms with Crippen LogP contribution >= 0.6 is 0 Å². The van der Waals surface area contributed by atoms with Crippen LogP contribution in [-0.4, -0.2) is 27.7 Å². The molecule has 0 radical (unpaired) electrons. The number of rotatable bonds is 11. The molecule has 2 heterocycles. The van der Waals surface area contributed by atoms with Crippen LogP contribution in [0.4, 0.5) is 0 Å². The van der Waals surface area contributed by atoms with E-state index in [1.54, 1.807) is 0 Å². The molecular weight excluding hydrogens is 518 g/mol. The van der Waals surface area contributed by atoms with Gasteiger partial charge in [0.15, 0.2) is 11.5 Å². The maximum Gasteiger partial charge on any atom is 0.161 e. The maximum absolute atomic E-state index is 5.93. The molecule has 5 heteroatoms. The van der Waals surface area contributed by atoms with Crippen LogP contribution in [-0.2, 0) is 26.2 Å². The first-order valence-electron chi connectivity index (χ1n) is 15.0. The fraction of sp³-hybridized carbons (Fsp3) is 0.270. The molecule has 0 unspecified atom stereocenters. The molecule has 0 spiro atoms. The molecule has 0 fully saturated rings. The highest BCUT2D eigenvalue weighted by atomic mass is 16.6. The molecule has 1 aliphatic rings. The maximum atomic E-state index is 5.93. The van der Waals surface area contributed by atoms with Crippen molar-refractivity contribution in [1.82, 2.24) is 14.5 Å². The van der Waals surface area contributed by atoms with E-state index in [4.69, 9.17) is 14.5 Å². The summed E-state index contributed by atoms with van der Waals surface area (Å²) in [6.45, 7) is 8.89. The highest BCUT2D eigenvalue weighted by Crippen LogP contribution is 2.34. The zero-order valence-corrected chi connectivity index (χ0v) is 24.6. The quantitative estimate of drug-likeness (QED) is 0.164. The Bertz CT molecular complexity index is 1610. The van der Waals surface area contributed by atoms with Crippen LogP contribution in [0.5, 0.6) is 11.5 Å². The third kappa shape index (κ3) is 6.42. The van der Waals surface area contributed by atoms with Crippen molar-refractivity contribution >= 4 is 0 Å². The van der Waals surface area contributed by atoms with Gasteiger partial charge in [-0.25, -0.2) is 4.98 Å². The van der Waals surface area contributed by atoms with Gasteiger partial charge in [-0.3, -0.25) is 4.90 Å². The van der Waals surface area contributed by atoms with Gasteiger partial charge in [-0.1, -0.05) is 110 Å². The Kier molecular flexibility index (Phi) is 8.67. The second-order valence-electron chi connectivity index (χ2n) is 11.1. The van der Waals surface area contributed by atoms with E-state index in [1.807, 2.05) is 6.07 Å². The highest BCUT2D eigenvalue weighted by Gasteiger charge is 2.23. The monoisotopic (exact) mass is 557 g/mol. The molecule has 0 saturated heterocycles. The summed E-state index contributed by atoms with van der Waals surface area (Å²) in [6.07, 6.45) is 2.22. The molecule has 1 aliphatic heterocycles. The van der Waals surface area contributed by atoms with Crippen LogP contribution in [0.2, 0.25) is 0 Å². The lowest BCUT2D eigenvalue weighted by Crippen LogP contribution is -2.25. The number of nitrogens with zero attached hydrogens (tertiary/aromatic N) is 3. The van der Waals surface area contributed by atoms with Crippen molar-refractivity contribution in [1.29, 1.82) is 0 Å². The Morgan fingerprint density at radius 1 is 0.714 bits per heavy atom. The number of benzene rings is 4. The van der Waals surface area contributed by atoms with Gasteiger partial charge in [-0.05, 0) is 36.6 Å². The first-order valence-corrected chi connectivity index (χ1v) is 15.0. The van der Waals surface area contributed by atoms with Crippen molar-refractivity contribution in [3.8, 4) is 34.1 Å². The summed E-state index contributed by atoms with van der Waals surface area (Å²) < 4.78 is 14.2. The molecule has 0 N–H and O–H groups in total. The third-order valence-corrected chi connectivity index (χ3v) is 7.76. The smallest absolute Gasteiger partial charge is 0.161 e. The lowest BCUT2D eigenvalue weighted by atomic mass is 10.1. The van der Waals surface area contributed by atoms with Gasteiger partial charge in [0.2, 0.25) is 0 Å². The number of hydrogen-bond acceptors (Lipinski definition) is 4. The Morgan fingerprint density at radius 2 is 1.40 bits per heavy atom. The molecule has 214 valence electrons. The molecule has 6 rings (SSSR count). The van der Waals surface area contributed by atoms with Crippen molar-refractivity contribution in [2.24, 2.45) is 0 Å². The van der Waals surface area contributed by atoms with Crippen LogP contribution in [0.1, 0.15) is 42.1 Å². The number of hydrogen-bond donors (Lipinski definition) is 0. The summed E-state index contributed by atoms with van der Waals surface area (Å²) in [7, 11) is 0. The number of ether oxygens (including phenoxy) is 2. The van der Waals surface area contributed by atoms with Crippen LogP contribution < -0.4 is 9.47 Å². The van der Waals surface area contributed by atoms with Gasteiger partial charge in [-0.2, -0.15) is 0 Å². The SMILES string of the molecule is CCCCn1c(-c2ccccc2)nc(-c2ccccc2)c1CN(Cc1cccc(C)c1)Cc1ccc2c(c1)OCCO2. The van der Waals surface area contributed by atoms with Crippen molar-refractivity contribution in [2.75, 3.05) is 13.2 Å². The van der Waals surface area contributed by atoms with E-state index in [0.717, 1.165) is 73.2 Å². The number of imidazole rings is 1. The zero-order chi connectivity index (χ0) is 28.7. The van der Waals surface area contributed by atoms with Crippen LogP contribution in [0.15, 0.2) is 103 Å². The van der Waals surface area contributed by atoms with Gasteiger partial charge in [0, 0.05) is 37.3 Å². The van der Waals surface area contributed by atoms with E-state index in [2.05, 4.69) is 120 Å². The summed E-state index contributed by atoms with van der Waals surface area (Å²) in [4.78, 5) is 7.87. The topological polar surface area (TPSA) is 39.5 Å². The average molecular weight is 558 g/mol. The highest BCUT2D eigenvalue weighted by molar-refractivity contribution is 5.68. The van der Waals surface area contributed by atoms with E-state index in [-0.39, 0.29) is 0 Å². The Labute approximate surface area is 249 Å². The van der Waals surface area contributed by atoms with Gasteiger partial charge in [0.05, 0.1) is 11.4 Å². The zero-order valence-electron chi connectivity index (χ0n) is 24.6. The van der Waals surface area contributed by atoms with E-state index >= 15 is 0 Å². The summed E-state index contributed by atoms with van der Waals surface area (Å²) in [5.74, 6) is 2.69. The van der Waals surface area contributed by atoms with E-state index in [9.17, 15) is 0 Å². The van der Waals surface area contributed by atoms with Gasteiger partial charge in [0.25, 0.3) is 0 Å². The minimum Gasteiger partial charge on any atom is -0.486 e. The van der Waals surface area contributed by atoms with Crippen LogP contribution in [0.25, 0.3) is 22.6 Å². The fourth-order valence-electron chi connectivity index (χ4n) is 5.73. The first kappa shape index (κ1) is 27.8. The van der Waals surface area contributed by atoms with Crippen molar-refractivity contribution < 1.29 is 9.47 Å². The molecule has 0 amide bonds. The third-order valence-electron chi connectivity index (χ3n) is 7.76. The van der Waals surface area contributed by atoms with E-state index < -0.39 is 0 Å². The van der Waals surface area contributed by atoms with Gasteiger partial charge in [0.1, 0.15) is 19.0 Å². The standard InChI is InChI=1S/C37H39N3O2/c1-3-4-20-40-33(36(31-14-7-5-8-15-31)38-37(40)32-16-9-6-10-17-32)27-39(25-29-13-11-12-28(2)23-29)26-30-18-19-34-35(24-30)42-22-21-41-34/h5-19,23-24H,3-4,20-22,25-27H2,1-2H3. The van der Waals surface area contributed by atoms with Crippen LogP contribution in [0, 0.1) is 6.92 Å². The van der Waals surface area contributed by atoms with Gasteiger partial charge in [-0.15, -0.1) is 0 Å². The number of unbranched alkanes of at least 4 members (excludes halogenated alkanes) is 1. The first-order chi connectivity index (χ1) is 20.7. The summed E-state index contributed by atoms with van der Waals surface area (Å²) in [6, 6.07) is 36.4. The van der Waals surface area contributed by atoms with Crippen molar-refractivity contribution in [3.05, 3.63) is 126 Å². The summed E-state index contributed by atoms with van der Waals surface area (Å²) >= 11 is 0. The predicted molar refractivity (Wildman–Crippen MR) is 170 cm³/mol. The molecule has 0 bridgehead atoms. The van der Waals surface area contributed by atoms with E-state index in [0.29, 0.717) is 13.2 Å². The average Bonchev–Trinajstić information content (AvgIpc) is 3.38. The summed E-state index contributed by atoms with van der Waals surface area (Å²) in [5, 5.41) is 0. The Balaban J connectivity index is 1.43. The lowest BCUT2D eigenvalue weighted by Gasteiger charge is -2.26. The second-order valence-corrected chi connectivity index (χ2v) is 11.1.